The number of Topliss-reactive ketones (excluding diaryl/α,β-unsaturated/α-hetero) is 1. The van der Waals surface area contributed by atoms with Crippen LogP contribution in [0.4, 0.5) is 26.3 Å². The Morgan fingerprint density at radius 3 is 2.49 bits per heavy atom. The fraction of sp³-hybridized carbons (Fsp3) is 0.290. The largest absolute Gasteiger partial charge is 0.416 e. The number of fused-ring (bicyclic) bond motifs is 2. The van der Waals surface area contributed by atoms with Gasteiger partial charge in [0.2, 0.25) is 10.0 Å². The number of nitrogens with zero attached hydrogens (tertiary/aromatic N) is 5. The van der Waals surface area contributed by atoms with Gasteiger partial charge >= 0.3 is 6.18 Å². The molecule has 1 saturated carbocycles. The van der Waals surface area contributed by atoms with Gasteiger partial charge < -0.3 is 0 Å². The Balaban J connectivity index is 1.47. The van der Waals surface area contributed by atoms with Crippen molar-refractivity contribution in [1.29, 1.82) is 0 Å². The Morgan fingerprint density at radius 1 is 1.09 bits per heavy atom. The number of carbonyl (C=O) groups is 1. The lowest BCUT2D eigenvalue weighted by molar-refractivity contribution is -0.137. The summed E-state index contributed by atoms with van der Waals surface area (Å²) >= 11 is 5.81. The van der Waals surface area contributed by atoms with E-state index in [1.165, 1.54) is 41.2 Å². The van der Waals surface area contributed by atoms with Crippen LogP contribution in [-0.4, -0.2) is 57.3 Å². The number of alkyl halides is 5. The summed E-state index contributed by atoms with van der Waals surface area (Å²) in [4.78, 5) is 21.7. The van der Waals surface area contributed by atoms with E-state index in [1.807, 2.05) is 0 Å². The van der Waals surface area contributed by atoms with Crippen molar-refractivity contribution < 1.29 is 39.6 Å². The van der Waals surface area contributed by atoms with Crippen LogP contribution in [0.5, 0.6) is 0 Å². The summed E-state index contributed by atoms with van der Waals surface area (Å²) < 4.78 is 112. The van der Waals surface area contributed by atoms with Gasteiger partial charge in [-0.05, 0) is 85.9 Å². The number of ketones is 1. The molecule has 0 amide bonds. The molecule has 1 aromatic carbocycles. The van der Waals surface area contributed by atoms with Gasteiger partial charge in [0.15, 0.2) is 5.78 Å². The van der Waals surface area contributed by atoms with Crippen molar-refractivity contribution in [1.82, 2.24) is 24.1 Å². The third kappa shape index (κ3) is 6.19. The Morgan fingerprint density at radius 2 is 1.83 bits per heavy atom. The number of aromatic nitrogens is 4. The monoisotopic (exact) mass is 695 g/mol. The zero-order valence-electron chi connectivity index (χ0n) is 24.1. The molecule has 8 nitrogen and oxygen atoms in total. The highest BCUT2D eigenvalue weighted by Gasteiger charge is 2.52. The van der Waals surface area contributed by atoms with E-state index in [1.54, 1.807) is 6.08 Å². The molecule has 0 spiro atoms. The van der Waals surface area contributed by atoms with Crippen LogP contribution < -0.4 is 0 Å². The lowest BCUT2D eigenvalue weighted by atomic mass is 9.60. The van der Waals surface area contributed by atoms with Crippen molar-refractivity contribution in [2.45, 2.75) is 49.2 Å². The van der Waals surface area contributed by atoms with Crippen molar-refractivity contribution in [3.8, 4) is 5.69 Å². The van der Waals surface area contributed by atoms with Gasteiger partial charge in [-0.3, -0.25) is 9.78 Å². The average Bonchev–Trinajstić information content (AvgIpc) is 3.44. The van der Waals surface area contributed by atoms with E-state index in [4.69, 9.17) is 11.6 Å². The van der Waals surface area contributed by atoms with Gasteiger partial charge in [-0.2, -0.15) is 22.6 Å². The molecule has 0 N–H and O–H groups in total. The lowest BCUT2D eigenvalue weighted by Crippen LogP contribution is -2.51. The Hall–Kier alpha value is -4.08. The van der Waals surface area contributed by atoms with Crippen molar-refractivity contribution in [2.24, 2.45) is 5.41 Å². The maximum atomic E-state index is 14.4. The van der Waals surface area contributed by atoms with Gasteiger partial charge in [0, 0.05) is 18.4 Å². The molecule has 3 heterocycles. The second kappa shape index (κ2) is 12.2. The summed E-state index contributed by atoms with van der Waals surface area (Å²) in [6.07, 6.45) is -3.37. The molecule has 2 aliphatic carbocycles. The zero-order chi connectivity index (χ0) is 33.7. The molecule has 0 radical (unpaired) electrons. The minimum absolute atomic E-state index is 0.0177. The van der Waals surface area contributed by atoms with Crippen molar-refractivity contribution in [3.05, 3.63) is 106 Å². The molecule has 6 rings (SSSR count). The first kappa shape index (κ1) is 32.8. The molecule has 246 valence electrons. The predicted octanol–water partition coefficient (Wildman–Crippen LogP) is 6.79. The molecule has 47 heavy (non-hydrogen) atoms. The molecule has 0 unspecified atom stereocenters. The number of benzene rings is 1. The van der Waals surface area contributed by atoms with Crippen molar-refractivity contribution in [3.63, 3.8) is 0 Å². The molecule has 0 aliphatic heterocycles. The summed E-state index contributed by atoms with van der Waals surface area (Å²) in [7, 11) is -4.60. The molecule has 2 aliphatic rings. The molecular formula is C31H24ClF6N5O3S. The highest BCUT2D eigenvalue weighted by Crippen LogP contribution is 2.51. The highest BCUT2D eigenvalue weighted by molar-refractivity contribution is 7.89. The van der Waals surface area contributed by atoms with Gasteiger partial charge in [-0.1, -0.05) is 17.2 Å². The van der Waals surface area contributed by atoms with Gasteiger partial charge in [-0.25, -0.2) is 31.3 Å². The van der Waals surface area contributed by atoms with E-state index in [2.05, 4.69) is 15.1 Å². The molecule has 4 aromatic rings. The number of allylic oxidation sites excluding steroid dienone is 1. The molecule has 16 heteroatoms. The predicted molar refractivity (Wildman–Crippen MR) is 158 cm³/mol. The summed E-state index contributed by atoms with van der Waals surface area (Å²) in [6.45, 7) is -1.20. The Kier molecular flexibility index (Phi) is 8.51. The quantitative estimate of drug-likeness (QED) is 0.114. The fourth-order valence-electron chi connectivity index (χ4n) is 6.32. The molecular weight excluding hydrogens is 672 g/mol. The summed E-state index contributed by atoms with van der Waals surface area (Å²) in [5, 5.41) is 4.38. The minimum Gasteiger partial charge on any atom is -0.291 e. The van der Waals surface area contributed by atoms with Gasteiger partial charge in [0.25, 0.3) is 6.43 Å². The topological polar surface area (TPSA) is 98.0 Å². The van der Waals surface area contributed by atoms with Crippen LogP contribution >= 0.6 is 11.6 Å². The number of halogens is 7. The van der Waals surface area contributed by atoms with Crippen LogP contribution in [0, 0.1) is 11.2 Å². The molecule has 3 aromatic heterocycles. The molecule has 0 saturated heterocycles. The van der Waals surface area contributed by atoms with Gasteiger partial charge in [0.05, 0.1) is 35.1 Å². The van der Waals surface area contributed by atoms with E-state index in [0.717, 1.165) is 24.5 Å². The third-order valence-electron chi connectivity index (χ3n) is 8.49. The summed E-state index contributed by atoms with van der Waals surface area (Å²) in [6, 6.07) is 7.99. The normalized spacial score (nSPS) is 19.8. The maximum absolute atomic E-state index is 14.4. The zero-order valence-corrected chi connectivity index (χ0v) is 25.7. The Labute approximate surface area is 269 Å². The van der Waals surface area contributed by atoms with Crippen molar-refractivity contribution in [2.75, 3.05) is 6.54 Å². The first-order valence-corrected chi connectivity index (χ1v) is 16.0. The first-order valence-electron chi connectivity index (χ1n) is 14.2. The molecule has 0 bridgehead atoms. The third-order valence-corrected chi connectivity index (χ3v) is 10.6. The fourth-order valence-corrected chi connectivity index (χ4v) is 8.01. The van der Waals surface area contributed by atoms with Crippen LogP contribution in [0.25, 0.3) is 11.8 Å². The lowest BCUT2D eigenvalue weighted by Gasteiger charge is -2.46. The van der Waals surface area contributed by atoms with Crippen LogP contribution in [0.15, 0.2) is 77.6 Å². The summed E-state index contributed by atoms with van der Waals surface area (Å²) in [5.41, 5.74) is -1.29. The number of hydrogen-bond donors (Lipinski definition) is 0. The van der Waals surface area contributed by atoms with Crippen LogP contribution in [0.2, 0.25) is 5.15 Å². The maximum Gasteiger partial charge on any atom is 0.416 e. The van der Waals surface area contributed by atoms with E-state index in [0.29, 0.717) is 32.9 Å². The number of carbonyl (C=O) groups excluding carboxylic acids is 1. The van der Waals surface area contributed by atoms with Crippen LogP contribution in [-0.2, 0) is 22.6 Å². The number of rotatable bonds is 8. The minimum atomic E-state index is -4.78. The molecule has 1 fully saturated rings. The average molecular weight is 696 g/mol. The van der Waals surface area contributed by atoms with E-state index in [9.17, 15) is 39.6 Å². The smallest absolute Gasteiger partial charge is 0.291 e. The highest BCUT2D eigenvalue weighted by atomic mass is 35.5. The van der Waals surface area contributed by atoms with Crippen LogP contribution in [0.3, 0.4) is 0 Å². The summed E-state index contributed by atoms with van der Waals surface area (Å²) in [5.74, 6) is -1.29. The standard InChI is InChI=1S/C31H24ClF6N5O3S/c32-27-8-7-24(16-40-27)47(45,46)42(17-28(34)35)23-4-1-19-12-26-18(15-41-43(26)22-5-2-21(33)3-6-22)13-30(19,14-23)29(44)25-11-20(9-10-39-25)31(36,37)38/h2-3,5-12,15-16,23,28H,1,4,13-14,17H2/t23-,30-/m0/s1. The van der Waals surface area contributed by atoms with E-state index in [-0.39, 0.29) is 30.8 Å². The second-order valence-electron chi connectivity index (χ2n) is 11.3. The molecule has 2 atom stereocenters. The van der Waals surface area contributed by atoms with Crippen molar-refractivity contribution >= 4 is 33.5 Å². The van der Waals surface area contributed by atoms with E-state index < -0.39 is 68.4 Å². The number of hydrogen-bond acceptors (Lipinski definition) is 6. The van der Waals surface area contributed by atoms with Gasteiger partial charge in [-0.15, -0.1) is 0 Å². The van der Waals surface area contributed by atoms with E-state index >= 15 is 0 Å². The van der Waals surface area contributed by atoms with Gasteiger partial charge in [0.1, 0.15) is 21.6 Å². The number of pyridine rings is 2. The SMILES string of the molecule is O=C(c1cc(C(F)(F)F)ccn1)[C@]12Cc3cnn(-c4ccc(F)cc4)c3C=C1CC[C@H](N(CC(F)F)S(=O)(=O)c1ccc(Cl)nc1)C2. The Bertz CT molecular complexity index is 1970. The second-order valence-corrected chi connectivity index (χ2v) is 13.6. The first-order chi connectivity index (χ1) is 22.2. The van der Waals surface area contributed by atoms with Crippen LogP contribution in [0.1, 0.15) is 46.6 Å². The number of sulfonamides is 1.